The van der Waals surface area contributed by atoms with Gasteiger partial charge in [0.15, 0.2) is 12.0 Å². The summed E-state index contributed by atoms with van der Waals surface area (Å²) in [5, 5.41) is 6.89. The third-order valence-electron chi connectivity index (χ3n) is 3.12. The zero-order chi connectivity index (χ0) is 14.1. The van der Waals surface area contributed by atoms with Gasteiger partial charge in [0.1, 0.15) is 0 Å². The first-order valence-electron chi connectivity index (χ1n) is 6.63. The molecule has 2 heterocycles. The van der Waals surface area contributed by atoms with Crippen LogP contribution in [-0.2, 0) is 4.79 Å². The van der Waals surface area contributed by atoms with Crippen LogP contribution in [0, 0.1) is 0 Å². The lowest BCUT2D eigenvalue weighted by molar-refractivity contribution is -0.120. The molecule has 1 aromatic carbocycles. The average molecular weight is 268 g/mol. The Bertz CT molecular complexity index is 693. The fourth-order valence-electron chi connectivity index (χ4n) is 2.24. The van der Waals surface area contributed by atoms with Crippen LogP contribution in [0.1, 0.15) is 25.5 Å². The predicted molar refractivity (Wildman–Crippen MR) is 78.3 cm³/mol. The minimum Gasteiger partial charge on any atom is -0.354 e. The zero-order valence-corrected chi connectivity index (χ0v) is 11.4. The molecule has 102 valence electrons. The van der Waals surface area contributed by atoms with Crippen molar-refractivity contribution in [3.05, 3.63) is 42.1 Å². The topological polar surface area (TPSA) is 66.4 Å². The number of fused-ring (bicyclic) bond motifs is 1. The van der Waals surface area contributed by atoms with Gasteiger partial charge in [-0.25, -0.2) is 4.99 Å². The number of carbonyl (C=O) groups is 1. The van der Waals surface area contributed by atoms with Crippen LogP contribution in [0.2, 0.25) is 0 Å². The molecule has 3 rings (SSSR count). The first kappa shape index (κ1) is 12.6. The van der Waals surface area contributed by atoms with Crippen LogP contribution < -0.4 is 10.6 Å². The maximum Gasteiger partial charge on any atom is 0.256 e. The third kappa shape index (κ3) is 2.34. The second-order valence-corrected chi connectivity index (χ2v) is 5.12. The molecule has 0 saturated carbocycles. The number of hydrogen-bond acceptors (Lipinski definition) is 4. The van der Waals surface area contributed by atoms with E-state index < -0.39 is 6.04 Å². The summed E-state index contributed by atoms with van der Waals surface area (Å²) in [5.74, 6) is 0.442. The quantitative estimate of drug-likeness (QED) is 0.872. The van der Waals surface area contributed by atoms with E-state index in [0.29, 0.717) is 5.96 Å². The number of nitrogens with zero attached hydrogens (tertiary/aromatic N) is 2. The molecule has 0 radical (unpaired) electrons. The second-order valence-electron chi connectivity index (χ2n) is 5.12. The maximum atomic E-state index is 12.0. The third-order valence-corrected chi connectivity index (χ3v) is 3.12. The first-order valence-corrected chi connectivity index (χ1v) is 6.63. The number of hydrogen-bond donors (Lipinski definition) is 2. The van der Waals surface area contributed by atoms with Gasteiger partial charge in [-0.1, -0.05) is 12.1 Å². The molecular weight excluding hydrogens is 252 g/mol. The van der Waals surface area contributed by atoms with Crippen LogP contribution >= 0.6 is 0 Å². The van der Waals surface area contributed by atoms with Crippen LogP contribution in [0.5, 0.6) is 0 Å². The SMILES string of the molecule is CC(C)NC1=NC(c2ccc3ncccc3c2)C(=O)N1. The van der Waals surface area contributed by atoms with Gasteiger partial charge in [0.05, 0.1) is 5.52 Å². The molecule has 0 aliphatic carbocycles. The lowest BCUT2D eigenvalue weighted by Crippen LogP contribution is -2.40. The van der Waals surface area contributed by atoms with Gasteiger partial charge in [-0.15, -0.1) is 0 Å². The van der Waals surface area contributed by atoms with Gasteiger partial charge in [-0.2, -0.15) is 0 Å². The van der Waals surface area contributed by atoms with Crippen LogP contribution in [0.4, 0.5) is 0 Å². The number of pyridine rings is 1. The molecule has 2 N–H and O–H groups in total. The summed E-state index contributed by atoms with van der Waals surface area (Å²) in [6.45, 7) is 4.01. The van der Waals surface area contributed by atoms with E-state index in [1.165, 1.54) is 0 Å². The highest BCUT2D eigenvalue weighted by atomic mass is 16.2. The lowest BCUT2D eigenvalue weighted by Gasteiger charge is -2.07. The van der Waals surface area contributed by atoms with Crippen LogP contribution in [0.25, 0.3) is 10.9 Å². The van der Waals surface area contributed by atoms with Gasteiger partial charge >= 0.3 is 0 Å². The molecule has 5 heteroatoms. The standard InChI is InChI=1S/C15H16N4O/c1-9(2)17-15-18-13(14(20)19-15)11-5-6-12-10(8-11)4-3-7-16-12/h3-9,13H,1-2H3,(H2,17,18,19,20). The van der Waals surface area contributed by atoms with Crippen molar-refractivity contribution < 1.29 is 4.79 Å². The summed E-state index contributed by atoms with van der Waals surface area (Å²) in [4.78, 5) is 20.7. The molecule has 1 aliphatic heterocycles. The van der Waals surface area contributed by atoms with Crippen molar-refractivity contribution in [3.8, 4) is 0 Å². The fraction of sp³-hybridized carbons (Fsp3) is 0.267. The zero-order valence-electron chi connectivity index (χ0n) is 11.4. The Hall–Kier alpha value is -2.43. The number of guanidine groups is 1. The van der Waals surface area contributed by atoms with Crippen molar-refractivity contribution in [1.29, 1.82) is 0 Å². The average Bonchev–Trinajstić information content (AvgIpc) is 2.78. The molecule has 5 nitrogen and oxygen atoms in total. The van der Waals surface area contributed by atoms with Crippen molar-refractivity contribution >= 4 is 22.8 Å². The van der Waals surface area contributed by atoms with Crippen molar-refractivity contribution in [1.82, 2.24) is 15.6 Å². The molecule has 0 bridgehead atoms. The molecule has 0 fully saturated rings. The Morgan fingerprint density at radius 1 is 1.30 bits per heavy atom. The molecule has 1 unspecified atom stereocenters. The van der Waals surface area contributed by atoms with Crippen LogP contribution in [0.15, 0.2) is 41.5 Å². The highest BCUT2D eigenvalue weighted by molar-refractivity contribution is 6.05. The summed E-state index contributed by atoms with van der Waals surface area (Å²) in [6.07, 6.45) is 1.76. The van der Waals surface area contributed by atoms with Gasteiger partial charge in [0.2, 0.25) is 0 Å². The van der Waals surface area contributed by atoms with Gasteiger partial charge in [0, 0.05) is 17.6 Å². The molecule has 0 spiro atoms. The highest BCUT2D eigenvalue weighted by Gasteiger charge is 2.28. The molecule has 1 amide bonds. The highest BCUT2D eigenvalue weighted by Crippen LogP contribution is 2.24. The van der Waals surface area contributed by atoms with Crippen LogP contribution in [0.3, 0.4) is 0 Å². The molecule has 1 aromatic heterocycles. The van der Waals surface area contributed by atoms with E-state index in [-0.39, 0.29) is 11.9 Å². The number of aliphatic imine (C=N–C) groups is 1. The molecule has 20 heavy (non-hydrogen) atoms. The Balaban J connectivity index is 1.94. The number of amides is 1. The number of nitrogens with one attached hydrogen (secondary N) is 2. The van der Waals surface area contributed by atoms with Crippen molar-refractivity contribution in [2.45, 2.75) is 25.9 Å². The van der Waals surface area contributed by atoms with Crippen LogP contribution in [-0.4, -0.2) is 22.9 Å². The molecule has 0 saturated heterocycles. The smallest absolute Gasteiger partial charge is 0.256 e. The molecular formula is C15H16N4O. The van der Waals surface area contributed by atoms with Gasteiger partial charge in [-0.05, 0) is 37.6 Å². The normalized spacial score (nSPS) is 18.2. The predicted octanol–water partition coefficient (Wildman–Crippen LogP) is 1.76. The van der Waals surface area contributed by atoms with E-state index in [9.17, 15) is 4.79 Å². The summed E-state index contributed by atoms with van der Waals surface area (Å²) in [5.41, 5.74) is 1.79. The summed E-state index contributed by atoms with van der Waals surface area (Å²) < 4.78 is 0. The Morgan fingerprint density at radius 2 is 2.15 bits per heavy atom. The number of aromatic nitrogens is 1. The molecule has 1 aliphatic rings. The number of benzene rings is 1. The van der Waals surface area contributed by atoms with E-state index in [1.807, 2.05) is 44.2 Å². The van der Waals surface area contributed by atoms with E-state index in [4.69, 9.17) is 0 Å². The maximum absolute atomic E-state index is 12.0. The summed E-state index contributed by atoms with van der Waals surface area (Å²) >= 11 is 0. The van der Waals surface area contributed by atoms with Crippen molar-refractivity contribution in [3.63, 3.8) is 0 Å². The summed E-state index contributed by atoms with van der Waals surface area (Å²) in [7, 11) is 0. The largest absolute Gasteiger partial charge is 0.354 e. The molecule has 2 aromatic rings. The first-order chi connectivity index (χ1) is 9.63. The Labute approximate surface area is 117 Å². The molecule has 1 atom stereocenters. The Kier molecular flexibility index (Phi) is 3.10. The minimum absolute atomic E-state index is 0.101. The monoisotopic (exact) mass is 268 g/mol. The number of rotatable bonds is 2. The lowest BCUT2D eigenvalue weighted by atomic mass is 10.0. The van der Waals surface area contributed by atoms with Gasteiger partial charge < -0.3 is 5.32 Å². The van der Waals surface area contributed by atoms with Crippen molar-refractivity contribution in [2.24, 2.45) is 4.99 Å². The van der Waals surface area contributed by atoms with E-state index in [2.05, 4.69) is 20.6 Å². The van der Waals surface area contributed by atoms with E-state index in [1.54, 1.807) is 6.20 Å². The number of carbonyl (C=O) groups excluding carboxylic acids is 1. The summed E-state index contributed by atoms with van der Waals surface area (Å²) in [6, 6.07) is 9.40. The van der Waals surface area contributed by atoms with Gasteiger partial charge in [0.25, 0.3) is 5.91 Å². The van der Waals surface area contributed by atoms with Gasteiger partial charge in [-0.3, -0.25) is 15.1 Å². The van der Waals surface area contributed by atoms with Crippen molar-refractivity contribution in [2.75, 3.05) is 0 Å². The second kappa shape index (κ2) is 4.92. The van der Waals surface area contributed by atoms with E-state index in [0.717, 1.165) is 16.5 Å². The van der Waals surface area contributed by atoms with E-state index >= 15 is 0 Å². The fourth-order valence-corrected chi connectivity index (χ4v) is 2.24. The Morgan fingerprint density at radius 3 is 2.95 bits per heavy atom. The minimum atomic E-state index is -0.485.